The van der Waals surface area contributed by atoms with Crippen molar-refractivity contribution in [2.75, 3.05) is 7.11 Å². The van der Waals surface area contributed by atoms with Crippen molar-refractivity contribution >= 4 is 5.91 Å². The molecule has 0 bridgehead atoms. The van der Waals surface area contributed by atoms with Crippen molar-refractivity contribution in [3.05, 3.63) is 83.9 Å². The Morgan fingerprint density at radius 2 is 1.96 bits per heavy atom. The highest BCUT2D eigenvalue weighted by Crippen LogP contribution is 2.24. The van der Waals surface area contributed by atoms with Gasteiger partial charge >= 0.3 is 0 Å². The number of carbonyl (C=O) groups is 1. The van der Waals surface area contributed by atoms with Crippen molar-refractivity contribution in [3.63, 3.8) is 0 Å². The van der Waals surface area contributed by atoms with E-state index in [2.05, 4.69) is 10.3 Å². The molecule has 2 aromatic carbocycles. The summed E-state index contributed by atoms with van der Waals surface area (Å²) in [6, 6.07) is 15.2. The molecule has 0 fully saturated rings. The first-order chi connectivity index (χ1) is 12.2. The predicted molar refractivity (Wildman–Crippen MR) is 96.6 cm³/mol. The zero-order valence-corrected chi connectivity index (χ0v) is 14.3. The Hall–Kier alpha value is -3.08. The zero-order valence-electron chi connectivity index (χ0n) is 14.3. The van der Waals surface area contributed by atoms with Crippen molar-refractivity contribution < 1.29 is 9.53 Å². The standard InChI is InChI=1S/C20H21N3O2/c1-15(18-5-3-4-6-19(18)25-2)22-20(24)17-9-7-16(8-10-17)13-23-12-11-21-14-23/h3-12,14-15H,13H2,1-2H3,(H,22,24)/t15-/m1/s1. The molecule has 3 aromatic rings. The SMILES string of the molecule is COc1ccccc1[C@@H](C)NC(=O)c1ccc(Cn2ccnc2)cc1. The molecule has 25 heavy (non-hydrogen) atoms. The molecule has 3 rings (SSSR count). The van der Waals surface area contributed by atoms with E-state index in [0.717, 1.165) is 23.4 Å². The summed E-state index contributed by atoms with van der Waals surface area (Å²) in [6.45, 7) is 2.68. The highest BCUT2D eigenvalue weighted by atomic mass is 16.5. The molecule has 128 valence electrons. The molecule has 0 saturated carbocycles. The summed E-state index contributed by atoms with van der Waals surface area (Å²) < 4.78 is 7.35. The summed E-state index contributed by atoms with van der Waals surface area (Å²) in [5, 5.41) is 3.02. The summed E-state index contributed by atoms with van der Waals surface area (Å²) in [7, 11) is 1.63. The minimum atomic E-state index is -0.144. The van der Waals surface area contributed by atoms with Crippen molar-refractivity contribution in [1.82, 2.24) is 14.9 Å². The molecule has 0 saturated heterocycles. The summed E-state index contributed by atoms with van der Waals surface area (Å²) in [5.74, 6) is 0.665. The first-order valence-electron chi connectivity index (χ1n) is 8.16. The lowest BCUT2D eigenvalue weighted by atomic mass is 10.1. The topological polar surface area (TPSA) is 56.1 Å². The molecular formula is C20H21N3O2. The number of rotatable bonds is 6. The van der Waals surface area contributed by atoms with Gasteiger partial charge in [0.1, 0.15) is 5.75 Å². The van der Waals surface area contributed by atoms with Gasteiger partial charge in [-0.05, 0) is 30.7 Å². The highest BCUT2D eigenvalue weighted by molar-refractivity contribution is 5.94. The average molecular weight is 335 g/mol. The number of nitrogens with one attached hydrogen (secondary N) is 1. The fourth-order valence-corrected chi connectivity index (χ4v) is 2.73. The van der Waals surface area contributed by atoms with Crippen LogP contribution in [0.3, 0.4) is 0 Å². The van der Waals surface area contributed by atoms with Gasteiger partial charge in [0.05, 0.1) is 19.5 Å². The second kappa shape index (κ2) is 7.66. The number of amides is 1. The highest BCUT2D eigenvalue weighted by Gasteiger charge is 2.14. The number of nitrogens with zero attached hydrogens (tertiary/aromatic N) is 2. The van der Waals surface area contributed by atoms with Crippen LogP contribution in [-0.4, -0.2) is 22.6 Å². The van der Waals surface area contributed by atoms with E-state index in [0.29, 0.717) is 5.56 Å². The van der Waals surface area contributed by atoms with Crippen molar-refractivity contribution in [2.24, 2.45) is 0 Å². The fraction of sp³-hybridized carbons (Fsp3) is 0.200. The third kappa shape index (κ3) is 4.07. The Balaban J connectivity index is 1.66. The van der Waals surface area contributed by atoms with E-state index in [1.54, 1.807) is 19.6 Å². The molecule has 0 unspecified atom stereocenters. The predicted octanol–water partition coefficient (Wildman–Crippen LogP) is 3.43. The van der Waals surface area contributed by atoms with Crippen LogP contribution in [0.25, 0.3) is 0 Å². The maximum absolute atomic E-state index is 12.5. The van der Waals surface area contributed by atoms with Gasteiger partial charge in [-0.2, -0.15) is 0 Å². The van der Waals surface area contributed by atoms with Crippen LogP contribution in [0.1, 0.15) is 34.5 Å². The number of hydrogen-bond donors (Lipinski definition) is 1. The number of methoxy groups -OCH3 is 1. The Morgan fingerprint density at radius 1 is 1.20 bits per heavy atom. The second-order valence-electron chi connectivity index (χ2n) is 5.87. The molecular weight excluding hydrogens is 314 g/mol. The fourth-order valence-electron chi connectivity index (χ4n) is 2.73. The molecule has 1 aromatic heterocycles. The van der Waals surface area contributed by atoms with E-state index >= 15 is 0 Å². The van der Waals surface area contributed by atoms with Crippen LogP contribution in [0.4, 0.5) is 0 Å². The lowest BCUT2D eigenvalue weighted by molar-refractivity contribution is 0.0939. The third-order valence-corrected chi connectivity index (χ3v) is 4.09. The van der Waals surface area contributed by atoms with Crippen LogP contribution < -0.4 is 10.1 Å². The van der Waals surface area contributed by atoms with Crippen LogP contribution in [0.15, 0.2) is 67.3 Å². The maximum atomic E-state index is 12.5. The molecule has 0 spiro atoms. The van der Waals surface area contributed by atoms with Crippen LogP contribution in [0.2, 0.25) is 0 Å². The van der Waals surface area contributed by atoms with Crippen LogP contribution in [-0.2, 0) is 6.54 Å². The van der Waals surface area contributed by atoms with E-state index in [1.165, 1.54) is 0 Å². The van der Waals surface area contributed by atoms with Gasteiger partial charge in [-0.1, -0.05) is 30.3 Å². The van der Waals surface area contributed by atoms with Gasteiger partial charge in [0.2, 0.25) is 0 Å². The maximum Gasteiger partial charge on any atom is 0.251 e. The smallest absolute Gasteiger partial charge is 0.251 e. The van der Waals surface area contributed by atoms with Crippen molar-refractivity contribution in [2.45, 2.75) is 19.5 Å². The lowest BCUT2D eigenvalue weighted by Crippen LogP contribution is -2.26. The first kappa shape index (κ1) is 16.8. The molecule has 0 aliphatic carbocycles. The van der Waals surface area contributed by atoms with Crippen molar-refractivity contribution in [1.29, 1.82) is 0 Å². The monoisotopic (exact) mass is 335 g/mol. The molecule has 0 radical (unpaired) electrons. The Morgan fingerprint density at radius 3 is 2.64 bits per heavy atom. The van der Waals surface area contributed by atoms with Gasteiger partial charge in [0.25, 0.3) is 5.91 Å². The van der Waals surface area contributed by atoms with E-state index in [9.17, 15) is 4.79 Å². The van der Waals surface area contributed by atoms with E-state index < -0.39 is 0 Å². The summed E-state index contributed by atoms with van der Waals surface area (Å²) in [4.78, 5) is 16.5. The molecule has 0 aliphatic rings. The quantitative estimate of drug-likeness (QED) is 0.751. The number of carbonyl (C=O) groups excluding carboxylic acids is 1. The molecule has 5 nitrogen and oxygen atoms in total. The average Bonchev–Trinajstić information content (AvgIpc) is 3.15. The van der Waals surface area contributed by atoms with Gasteiger partial charge in [-0.25, -0.2) is 4.98 Å². The second-order valence-corrected chi connectivity index (χ2v) is 5.87. The molecule has 1 N–H and O–H groups in total. The van der Waals surface area contributed by atoms with Crippen LogP contribution in [0.5, 0.6) is 5.75 Å². The van der Waals surface area contributed by atoms with E-state index in [-0.39, 0.29) is 11.9 Å². The van der Waals surface area contributed by atoms with Crippen LogP contribution in [0, 0.1) is 0 Å². The summed E-state index contributed by atoms with van der Waals surface area (Å²) in [6.07, 6.45) is 5.44. The van der Waals surface area contributed by atoms with Gasteiger partial charge in [0, 0.05) is 30.1 Å². The zero-order chi connectivity index (χ0) is 17.6. The van der Waals surface area contributed by atoms with Gasteiger partial charge < -0.3 is 14.6 Å². The van der Waals surface area contributed by atoms with E-state index in [1.807, 2.05) is 66.2 Å². The van der Waals surface area contributed by atoms with Gasteiger partial charge in [-0.15, -0.1) is 0 Å². The number of imidazole rings is 1. The van der Waals surface area contributed by atoms with E-state index in [4.69, 9.17) is 4.74 Å². The minimum Gasteiger partial charge on any atom is -0.496 e. The number of hydrogen-bond acceptors (Lipinski definition) is 3. The Labute approximate surface area is 147 Å². The Kier molecular flexibility index (Phi) is 5.14. The Bertz CT molecular complexity index is 826. The van der Waals surface area contributed by atoms with Gasteiger partial charge in [-0.3, -0.25) is 4.79 Å². The number of ether oxygens (including phenoxy) is 1. The third-order valence-electron chi connectivity index (χ3n) is 4.09. The molecule has 5 heteroatoms. The number of aromatic nitrogens is 2. The molecule has 0 aliphatic heterocycles. The van der Waals surface area contributed by atoms with Crippen molar-refractivity contribution in [3.8, 4) is 5.75 Å². The molecule has 1 heterocycles. The summed E-state index contributed by atoms with van der Waals surface area (Å²) in [5.41, 5.74) is 2.71. The number of para-hydroxylation sites is 1. The minimum absolute atomic E-state index is 0.104. The molecule has 1 atom stereocenters. The number of benzene rings is 2. The first-order valence-corrected chi connectivity index (χ1v) is 8.16. The largest absolute Gasteiger partial charge is 0.496 e. The van der Waals surface area contributed by atoms with Gasteiger partial charge in [0.15, 0.2) is 0 Å². The lowest BCUT2D eigenvalue weighted by Gasteiger charge is -2.17. The molecule has 1 amide bonds. The summed E-state index contributed by atoms with van der Waals surface area (Å²) >= 11 is 0. The normalized spacial score (nSPS) is 11.8. The van der Waals surface area contributed by atoms with Crippen LogP contribution >= 0.6 is 0 Å².